The van der Waals surface area contributed by atoms with E-state index in [-0.39, 0.29) is 11.2 Å². The second-order valence-corrected chi connectivity index (χ2v) is 4.71. The number of hydrogen-bond acceptors (Lipinski definition) is 4. The number of nitrogens with one attached hydrogen (secondary N) is 1. The summed E-state index contributed by atoms with van der Waals surface area (Å²) < 4.78 is 0. The molecule has 0 spiro atoms. The van der Waals surface area contributed by atoms with E-state index in [1.54, 1.807) is 6.07 Å². The number of nitro groups is 1. The van der Waals surface area contributed by atoms with Crippen molar-refractivity contribution in [3.63, 3.8) is 0 Å². The number of nitro benzene ring substituents is 1. The molecule has 0 aliphatic heterocycles. The molecule has 1 aliphatic rings. The lowest BCUT2D eigenvalue weighted by Gasteiger charge is -2.42. The first-order valence-corrected chi connectivity index (χ1v) is 6.07. The predicted molar refractivity (Wildman–Crippen MR) is 68.3 cm³/mol. The van der Waals surface area contributed by atoms with Crippen LogP contribution in [0.4, 0.5) is 11.4 Å². The zero-order chi connectivity index (χ0) is 13.2. The van der Waals surface area contributed by atoms with E-state index in [0.29, 0.717) is 11.3 Å². The van der Waals surface area contributed by atoms with Crippen LogP contribution in [0.25, 0.3) is 0 Å². The van der Waals surface area contributed by atoms with Gasteiger partial charge >= 0.3 is 0 Å². The summed E-state index contributed by atoms with van der Waals surface area (Å²) >= 11 is 0. The summed E-state index contributed by atoms with van der Waals surface area (Å²) in [6, 6.07) is 6.44. The minimum atomic E-state index is -0.411. The van der Waals surface area contributed by atoms with Crippen molar-refractivity contribution in [3.05, 3.63) is 33.9 Å². The van der Waals surface area contributed by atoms with E-state index < -0.39 is 4.92 Å². The maximum absolute atomic E-state index is 11.0. The molecule has 2 rings (SSSR count). The molecule has 5 nitrogen and oxygen atoms in total. The van der Waals surface area contributed by atoms with Crippen LogP contribution in [0.2, 0.25) is 0 Å². The van der Waals surface area contributed by atoms with Crippen molar-refractivity contribution in [2.24, 2.45) is 0 Å². The number of hydrogen-bond donors (Lipinski definition) is 1. The number of nitrogens with zero attached hydrogens (tertiary/aromatic N) is 2. The van der Waals surface area contributed by atoms with Gasteiger partial charge in [-0.25, -0.2) is 0 Å². The molecule has 0 atom stereocenters. The lowest BCUT2D eigenvalue weighted by molar-refractivity contribution is -0.384. The standard InChI is InChI=1S/C13H15N3O2/c1-2-13(6-3-7-13)15-11-8-10(9-14)4-5-12(11)16(17)18/h4-5,8,15H,2-3,6-7H2,1H3. The fraction of sp³-hybridized carbons (Fsp3) is 0.462. The average molecular weight is 245 g/mol. The third-order valence-corrected chi connectivity index (χ3v) is 3.71. The molecule has 1 saturated carbocycles. The Labute approximate surface area is 106 Å². The van der Waals surface area contributed by atoms with Crippen molar-refractivity contribution >= 4 is 11.4 Å². The molecule has 1 fully saturated rings. The Kier molecular flexibility index (Phi) is 3.19. The van der Waals surface area contributed by atoms with Crippen molar-refractivity contribution in [2.45, 2.75) is 38.1 Å². The highest BCUT2D eigenvalue weighted by Crippen LogP contribution is 2.40. The van der Waals surface area contributed by atoms with Crippen molar-refractivity contribution in [1.82, 2.24) is 0 Å². The summed E-state index contributed by atoms with van der Waals surface area (Å²) in [7, 11) is 0. The Morgan fingerprint density at radius 1 is 1.56 bits per heavy atom. The maximum atomic E-state index is 11.0. The monoisotopic (exact) mass is 245 g/mol. The first kappa shape index (κ1) is 12.4. The van der Waals surface area contributed by atoms with Gasteiger partial charge in [-0.3, -0.25) is 10.1 Å². The smallest absolute Gasteiger partial charge is 0.292 e. The van der Waals surface area contributed by atoms with Crippen molar-refractivity contribution in [2.75, 3.05) is 5.32 Å². The Morgan fingerprint density at radius 3 is 2.72 bits per heavy atom. The number of benzene rings is 1. The van der Waals surface area contributed by atoms with Crippen LogP contribution in [0, 0.1) is 21.4 Å². The van der Waals surface area contributed by atoms with Crippen LogP contribution in [0.15, 0.2) is 18.2 Å². The van der Waals surface area contributed by atoms with Gasteiger partial charge in [0, 0.05) is 11.6 Å². The SMILES string of the molecule is CCC1(Nc2cc(C#N)ccc2[N+](=O)[O-])CCC1. The molecule has 0 radical (unpaired) electrons. The van der Waals surface area contributed by atoms with Gasteiger partial charge in [-0.05, 0) is 37.8 Å². The molecule has 0 bridgehead atoms. The summed E-state index contributed by atoms with van der Waals surface area (Å²) in [4.78, 5) is 10.6. The van der Waals surface area contributed by atoms with Crippen molar-refractivity contribution in [3.8, 4) is 6.07 Å². The third-order valence-electron chi connectivity index (χ3n) is 3.71. The molecule has 0 amide bonds. The second-order valence-electron chi connectivity index (χ2n) is 4.71. The first-order chi connectivity index (χ1) is 8.60. The van der Waals surface area contributed by atoms with Crippen LogP contribution in [0.3, 0.4) is 0 Å². The summed E-state index contributed by atoms with van der Waals surface area (Å²) in [5.74, 6) is 0. The lowest BCUT2D eigenvalue weighted by atomic mass is 9.74. The van der Waals surface area contributed by atoms with Crippen LogP contribution < -0.4 is 5.32 Å². The molecule has 94 valence electrons. The normalized spacial score (nSPS) is 16.4. The highest BCUT2D eigenvalue weighted by atomic mass is 16.6. The Balaban J connectivity index is 2.35. The zero-order valence-corrected chi connectivity index (χ0v) is 10.3. The van der Waals surface area contributed by atoms with Gasteiger partial charge in [-0.1, -0.05) is 6.92 Å². The van der Waals surface area contributed by atoms with Gasteiger partial charge in [0.05, 0.1) is 16.6 Å². The summed E-state index contributed by atoms with van der Waals surface area (Å²) in [6.07, 6.45) is 4.13. The molecular weight excluding hydrogens is 230 g/mol. The van der Waals surface area contributed by atoms with Gasteiger partial charge in [0.1, 0.15) is 5.69 Å². The van der Waals surface area contributed by atoms with E-state index in [4.69, 9.17) is 5.26 Å². The molecule has 0 heterocycles. The molecule has 1 aliphatic carbocycles. The predicted octanol–water partition coefficient (Wildman–Crippen LogP) is 3.21. The molecule has 1 N–H and O–H groups in total. The topological polar surface area (TPSA) is 79.0 Å². The van der Waals surface area contributed by atoms with Crippen LogP contribution in [-0.2, 0) is 0 Å². The van der Waals surface area contributed by atoms with Crippen molar-refractivity contribution in [1.29, 1.82) is 5.26 Å². The van der Waals surface area contributed by atoms with Gasteiger partial charge < -0.3 is 5.32 Å². The fourth-order valence-electron chi connectivity index (χ4n) is 2.32. The molecule has 18 heavy (non-hydrogen) atoms. The van der Waals surface area contributed by atoms with E-state index >= 15 is 0 Å². The summed E-state index contributed by atoms with van der Waals surface area (Å²) in [6.45, 7) is 2.08. The van der Waals surface area contributed by atoms with Crippen LogP contribution in [0.5, 0.6) is 0 Å². The van der Waals surface area contributed by atoms with Gasteiger partial charge in [-0.15, -0.1) is 0 Å². The maximum Gasteiger partial charge on any atom is 0.292 e. The van der Waals surface area contributed by atoms with Gasteiger partial charge in [-0.2, -0.15) is 5.26 Å². The van der Waals surface area contributed by atoms with E-state index in [9.17, 15) is 10.1 Å². The largest absolute Gasteiger partial charge is 0.374 e. The minimum Gasteiger partial charge on any atom is -0.374 e. The summed E-state index contributed by atoms with van der Waals surface area (Å²) in [5, 5.41) is 23.1. The highest BCUT2D eigenvalue weighted by Gasteiger charge is 2.36. The van der Waals surface area contributed by atoms with Gasteiger partial charge in [0.2, 0.25) is 0 Å². The zero-order valence-electron chi connectivity index (χ0n) is 10.3. The Morgan fingerprint density at radius 2 is 2.28 bits per heavy atom. The number of rotatable bonds is 4. The Bertz CT molecular complexity index is 510. The van der Waals surface area contributed by atoms with Crippen LogP contribution in [0.1, 0.15) is 38.2 Å². The van der Waals surface area contributed by atoms with E-state index in [0.717, 1.165) is 25.7 Å². The minimum absolute atomic E-state index is 0.0289. The second kappa shape index (κ2) is 4.65. The molecule has 0 aromatic heterocycles. The van der Waals surface area contributed by atoms with Gasteiger partial charge in [0.15, 0.2) is 0 Å². The van der Waals surface area contributed by atoms with Crippen molar-refractivity contribution < 1.29 is 4.92 Å². The number of anilines is 1. The average Bonchev–Trinajstić information content (AvgIpc) is 2.33. The first-order valence-electron chi connectivity index (χ1n) is 6.07. The lowest BCUT2D eigenvalue weighted by Crippen LogP contribution is -2.44. The quantitative estimate of drug-likeness (QED) is 0.652. The van der Waals surface area contributed by atoms with Crippen LogP contribution in [-0.4, -0.2) is 10.5 Å². The number of nitriles is 1. The highest BCUT2D eigenvalue weighted by molar-refractivity contribution is 5.65. The third kappa shape index (κ3) is 2.14. The van der Waals surface area contributed by atoms with E-state index in [1.807, 2.05) is 6.07 Å². The molecular formula is C13H15N3O2. The van der Waals surface area contributed by atoms with E-state index in [1.165, 1.54) is 12.1 Å². The Hall–Kier alpha value is -2.09. The molecule has 0 unspecified atom stereocenters. The summed E-state index contributed by atoms with van der Waals surface area (Å²) in [5.41, 5.74) is 0.904. The van der Waals surface area contributed by atoms with E-state index in [2.05, 4.69) is 12.2 Å². The fourth-order valence-corrected chi connectivity index (χ4v) is 2.32. The molecule has 0 saturated heterocycles. The van der Waals surface area contributed by atoms with Crippen LogP contribution >= 0.6 is 0 Å². The molecule has 1 aromatic carbocycles. The molecule has 5 heteroatoms. The molecule has 1 aromatic rings. The van der Waals surface area contributed by atoms with Gasteiger partial charge in [0.25, 0.3) is 5.69 Å².